The molecule has 0 saturated carbocycles. The fourth-order valence-corrected chi connectivity index (χ4v) is 3.44. The van der Waals surface area contributed by atoms with Gasteiger partial charge in [-0.3, -0.25) is 4.21 Å². The van der Waals surface area contributed by atoms with Crippen LogP contribution < -0.4 is 5.32 Å². The third-order valence-corrected chi connectivity index (χ3v) is 4.71. The number of para-hydroxylation sites is 1. The first kappa shape index (κ1) is 10.9. The van der Waals surface area contributed by atoms with Crippen molar-refractivity contribution in [2.75, 3.05) is 11.6 Å². The summed E-state index contributed by atoms with van der Waals surface area (Å²) in [7, 11) is -0.926. The SMILES string of the molecule is CS(=O)c1ccc2c(c1)Sc1ccccc1N2. The van der Waals surface area contributed by atoms with Gasteiger partial charge in [-0.25, -0.2) is 0 Å². The Morgan fingerprint density at radius 2 is 1.82 bits per heavy atom. The van der Waals surface area contributed by atoms with Crippen LogP contribution in [0.15, 0.2) is 57.2 Å². The van der Waals surface area contributed by atoms with Gasteiger partial charge in [0, 0.05) is 31.7 Å². The zero-order chi connectivity index (χ0) is 11.8. The molecule has 0 fully saturated rings. The zero-order valence-corrected chi connectivity index (χ0v) is 10.9. The van der Waals surface area contributed by atoms with Crippen LogP contribution in [0, 0.1) is 0 Å². The minimum absolute atomic E-state index is 0.873. The number of hydrogen-bond acceptors (Lipinski definition) is 3. The van der Waals surface area contributed by atoms with E-state index in [1.807, 2.05) is 30.3 Å². The lowest BCUT2D eigenvalue weighted by atomic mass is 10.2. The molecule has 0 saturated heterocycles. The van der Waals surface area contributed by atoms with Gasteiger partial charge in [-0.2, -0.15) is 0 Å². The lowest BCUT2D eigenvalue weighted by molar-refractivity contribution is 0.686. The Kier molecular flexibility index (Phi) is 2.68. The Bertz CT molecular complexity index is 610. The summed E-state index contributed by atoms with van der Waals surface area (Å²) >= 11 is 1.72. The number of benzene rings is 2. The molecule has 1 aliphatic rings. The lowest BCUT2D eigenvalue weighted by Crippen LogP contribution is -2.00. The molecule has 1 atom stereocenters. The van der Waals surface area contributed by atoms with Crippen LogP contribution in [-0.2, 0) is 10.8 Å². The molecule has 4 heteroatoms. The molecule has 1 aliphatic heterocycles. The van der Waals surface area contributed by atoms with Gasteiger partial charge < -0.3 is 5.32 Å². The van der Waals surface area contributed by atoms with E-state index in [9.17, 15) is 4.21 Å². The predicted molar refractivity (Wildman–Crippen MR) is 72.6 cm³/mol. The molecule has 2 aromatic carbocycles. The van der Waals surface area contributed by atoms with Gasteiger partial charge in [0.05, 0.1) is 11.4 Å². The second-order valence-corrected chi connectivity index (χ2v) is 6.30. The van der Waals surface area contributed by atoms with E-state index >= 15 is 0 Å². The van der Waals surface area contributed by atoms with Gasteiger partial charge in [-0.1, -0.05) is 23.9 Å². The molecule has 0 aliphatic carbocycles. The van der Waals surface area contributed by atoms with Crippen LogP contribution in [0.2, 0.25) is 0 Å². The highest BCUT2D eigenvalue weighted by molar-refractivity contribution is 7.99. The number of fused-ring (bicyclic) bond motifs is 2. The van der Waals surface area contributed by atoms with Crippen LogP contribution in [0.3, 0.4) is 0 Å². The first-order valence-corrected chi connectivity index (χ1v) is 7.63. The molecule has 1 heterocycles. The molecule has 3 rings (SSSR count). The molecular weight excluding hydrogens is 250 g/mol. The number of nitrogens with one attached hydrogen (secondary N) is 1. The van der Waals surface area contributed by atoms with E-state index in [0.717, 1.165) is 21.2 Å². The van der Waals surface area contributed by atoms with E-state index in [-0.39, 0.29) is 0 Å². The van der Waals surface area contributed by atoms with Crippen molar-refractivity contribution < 1.29 is 4.21 Å². The van der Waals surface area contributed by atoms with Crippen LogP contribution in [0.4, 0.5) is 11.4 Å². The van der Waals surface area contributed by atoms with Crippen LogP contribution >= 0.6 is 11.8 Å². The summed E-state index contributed by atoms with van der Waals surface area (Å²) < 4.78 is 11.5. The monoisotopic (exact) mass is 261 g/mol. The Hall–Kier alpha value is -1.26. The highest BCUT2D eigenvalue weighted by Gasteiger charge is 2.15. The fourth-order valence-electron chi connectivity index (χ4n) is 1.79. The maximum atomic E-state index is 11.5. The molecule has 0 aromatic heterocycles. The van der Waals surface area contributed by atoms with Gasteiger partial charge in [-0.15, -0.1) is 0 Å². The fraction of sp³-hybridized carbons (Fsp3) is 0.0769. The summed E-state index contributed by atoms with van der Waals surface area (Å²) in [4.78, 5) is 3.22. The summed E-state index contributed by atoms with van der Waals surface area (Å²) in [5, 5.41) is 3.39. The topological polar surface area (TPSA) is 29.1 Å². The molecule has 0 radical (unpaired) electrons. The van der Waals surface area contributed by atoms with E-state index < -0.39 is 10.8 Å². The van der Waals surface area contributed by atoms with Crippen LogP contribution in [-0.4, -0.2) is 10.5 Å². The standard InChI is InChI=1S/C13H11NOS2/c1-17(15)9-6-7-11-13(8-9)16-12-5-3-2-4-10(12)14-11/h2-8,14H,1H3. The molecule has 0 bridgehead atoms. The van der Waals surface area contributed by atoms with Gasteiger partial charge in [-0.05, 0) is 30.3 Å². The Balaban J connectivity index is 2.06. The van der Waals surface area contributed by atoms with E-state index in [1.165, 1.54) is 4.90 Å². The summed E-state index contributed by atoms with van der Waals surface area (Å²) in [5.41, 5.74) is 2.22. The van der Waals surface area contributed by atoms with Crippen molar-refractivity contribution in [1.29, 1.82) is 0 Å². The van der Waals surface area contributed by atoms with Crippen LogP contribution in [0.25, 0.3) is 0 Å². The number of anilines is 2. The van der Waals surface area contributed by atoms with Gasteiger partial charge in [0.1, 0.15) is 0 Å². The van der Waals surface area contributed by atoms with E-state index in [1.54, 1.807) is 18.0 Å². The lowest BCUT2D eigenvalue weighted by Gasteiger charge is -2.20. The van der Waals surface area contributed by atoms with Gasteiger partial charge in [0.25, 0.3) is 0 Å². The molecule has 0 spiro atoms. The normalized spacial score (nSPS) is 14.4. The average Bonchev–Trinajstić information content (AvgIpc) is 2.35. The second-order valence-electron chi connectivity index (χ2n) is 3.84. The molecule has 2 aromatic rings. The van der Waals surface area contributed by atoms with Crippen LogP contribution in [0.5, 0.6) is 0 Å². The van der Waals surface area contributed by atoms with Crippen molar-refractivity contribution in [2.24, 2.45) is 0 Å². The molecule has 1 N–H and O–H groups in total. The van der Waals surface area contributed by atoms with Gasteiger partial charge >= 0.3 is 0 Å². The average molecular weight is 261 g/mol. The molecule has 0 amide bonds. The molecule has 86 valence electrons. The smallest absolute Gasteiger partial charge is 0.0527 e. The molecule has 1 unspecified atom stereocenters. The molecule has 17 heavy (non-hydrogen) atoms. The highest BCUT2D eigenvalue weighted by atomic mass is 32.2. The van der Waals surface area contributed by atoms with Crippen LogP contribution in [0.1, 0.15) is 0 Å². The van der Waals surface area contributed by atoms with E-state index in [2.05, 4.69) is 17.4 Å². The third-order valence-electron chi connectivity index (χ3n) is 2.66. The minimum atomic E-state index is -0.926. The number of hydrogen-bond donors (Lipinski definition) is 1. The van der Waals surface area contributed by atoms with Crippen molar-refractivity contribution >= 4 is 33.9 Å². The Labute approximate surface area is 107 Å². The van der Waals surface area contributed by atoms with Crippen molar-refractivity contribution in [3.05, 3.63) is 42.5 Å². The largest absolute Gasteiger partial charge is 0.354 e. The maximum absolute atomic E-state index is 11.5. The number of rotatable bonds is 1. The summed E-state index contributed by atoms with van der Waals surface area (Å²) in [5.74, 6) is 0. The van der Waals surface area contributed by atoms with E-state index in [0.29, 0.717) is 0 Å². The quantitative estimate of drug-likeness (QED) is 0.725. The van der Waals surface area contributed by atoms with Crippen molar-refractivity contribution in [3.8, 4) is 0 Å². The van der Waals surface area contributed by atoms with E-state index in [4.69, 9.17) is 0 Å². The van der Waals surface area contributed by atoms with Gasteiger partial charge in [0.2, 0.25) is 0 Å². The predicted octanol–water partition coefficient (Wildman–Crippen LogP) is 3.63. The first-order valence-electron chi connectivity index (χ1n) is 5.25. The van der Waals surface area contributed by atoms with Crippen molar-refractivity contribution in [1.82, 2.24) is 0 Å². The Morgan fingerprint density at radius 1 is 1.06 bits per heavy atom. The zero-order valence-electron chi connectivity index (χ0n) is 9.27. The maximum Gasteiger partial charge on any atom is 0.0527 e. The summed E-state index contributed by atoms with van der Waals surface area (Å²) in [6, 6.07) is 14.1. The Morgan fingerprint density at radius 3 is 2.65 bits per heavy atom. The minimum Gasteiger partial charge on any atom is -0.354 e. The summed E-state index contributed by atoms with van der Waals surface area (Å²) in [6.45, 7) is 0. The van der Waals surface area contributed by atoms with Crippen molar-refractivity contribution in [3.63, 3.8) is 0 Å². The second kappa shape index (κ2) is 4.20. The summed E-state index contributed by atoms with van der Waals surface area (Å²) in [6.07, 6.45) is 1.70. The third kappa shape index (κ3) is 1.98. The molecule has 2 nitrogen and oxygen atoms in total. The van der Waals surface area contributed by atoms with Gasteiger partial charge in [0.15, 0.2) is 0 Å². The first-order chi connectivity index (χ1) is 8.24. The van der Waals surface area contributed by atoms with Crippen molar-refractivity contribution in [2.45, 2.75) is 14.7 Å². The molecular formula is C13H11NOS2. The highest BCUT2D eigenvalue weighted by Crippen LogP contribution is 2.44.